The van der Waals surface area contributed by atoms with Crippen LogP contribution in [0.4, 0.5) is 22.0 Å². The van der Waals surface area contributed by atoms with Crippen molar-refractivity contribution < 1.29 is 26.7 Å². The minimum Gasteiger partial charge on any atom is -0.405 e. The fourth-order valence-electron chi connectivity index (χ4n) is 0.712. The van der Waals surface area contributed by atoms with Gasteiger partial charge in [0.05, 0.1) is 3.57 Å². The Balaban J connectivity index is 3.06. The smallest absolute Gasteiger partial charge is 0.405 e. The second-order valence-corrected chi connectivity index (χ2v) is 3.30. The predicted octanol–water partition coefficient (Wildman–Crippen LogP) is 3.47. The number of ether oxygens (including phenoxy) is 1. The predicted molar refractivity (Wildman–Crippen MR) is 45.8 cm³/mol. The molecule has 1 nitrogen and oxygen atoms in total. The molecule has 0 saturated carbocycles. The molecule has 0 unspecified atom stereocenters. The van der Waals surface area contributed by atoms with Crippen LogP contribution in [0.2, 0.25) is 0 Å². The third kappa shape index (κ3) is 2.69. The van der Waals surface area contributed by atoms with Crippen molar-refractivity contribution in [2.45, 2.75) is 6.36 Å². The largest absolute Gasteiger partial charge is 0.573 e. The van der Waals surface area contributed by atoms with Crippen LogP contribution in [0.5, 0.6) is 5.75 Å². The van der Waals surface area contributed by atoms with Crippen molar-refractivity contribution >= 4 is 22.6 Å². The summed E-state index contributed by atoms with van der Waals surface area (Å²) >= 11 is 1.23. The van der Waals surface area contributed by atoms with Gasteiger partial charge in [-0.25, -0.2) is 8.78 Å². The highest BCUT2D eigenvalue weighted by atomic mass is 127. The first-order valence-corrected chi connectivity index (χ1v) is 4.28. The Labute approximate surface area is 89.0 Å². The van der Waals surface area contributed by atoms with E-state index in [-0.39, 0.29) is 0 Å². The van der Waals surface area contributed by atoms with Crippen molar-refractivity contribution in [3.63, 3.8) is 0 Å². The second kappa shape index (κ2) is 3.87. The maximum absolute atomic E-state index is 12.7. The molecule has 0 radical (unpaired) electrons. The zero-order valence-corrected chi connectivity index (χ0v) is 8.49. The minimum atomic E-state index is -4.91. The van der Waals surface area contributed by atoms with Gasteiger partial charge in [0, 0.05) is 0 Å². The molecule has 7 heteroatoms. The molecule has 1 rings (SSSR count). The fraction of sp³-hybridized carbons (Fsp3) is 0.143. The van der Waals surface area contributed by atoms with Gasteiger partial charge >= 0.3 is 6.36 Å². The molecule has 1 aromatic carbocycles. The maximum atomic E-state index is 12.7. The van der Waals surface area contributed by atoms with E-state index in [1.165, 1.54) is 22.6 Å². The van der Waals surface area contributed by atoms with Crippen LogP contribution in [-0.2, 0) is 0 Å². The lowest BCUT2D eigenvalue weighted by atomic mass is 10.3. The third-order valence-electron chi connectivity index (χ3n) is 1.23. The van der Waals surface area contributed by atoms with Gasteiger partial charge in [-0.3, -0.25) is 0 Å². The highest BCUT2D eigenvalue weighted by Gasteiger charge is 2.32. The first-order valence-electron chi connectivity index (χ1n) is 3.20. The van der Waals surface area contributed by atoms with Crippen molar-refractivity contribution in [3.8, 4) is 5.75 Å². The van der Waals surface area contributed by atoms with Crippen LogP contribution in [-0.4, -0.2) is 6.36 Å². The molecular formula is C7H2F5IO. The summed E-state index contributed by atoms with van der Waals surface area (Å²) in [4.78, 5) is 0. The van der Waals surface area contributed by atoms with Crippen molar-refractivity contribution in [1.82, 2.24) is 0 Å². The van der Waals surface area contributed by atoms with Crippen LogP contribution in [0.25, 0.3) is 0 Å². The lowest BCUT2D eigenvalue weighted by molar-refractivity contribution is -0.275. The van der Waals surface area contributed by atoms with Crippen LogP contribution in [0.15, 0.2) is 12.1 Å². The van der Waals surface area contributed by atoms with Crippen LogP contribution in [0, 0.1) is 15.2 Å². The molecular weight excluding hydrogens is 322 g/mol. The van der Waals surface area contributed by atoms with Crippen LogP contribution in [0.1, 0.15) is 0 Å². The zero-order chi connectivity index (χ0) is 10.9. The van der Waals surface area contributed by atoms with Crippen LogP contribution in [0.3, 0.4) is 0 Å². The molecule has 0 atom stereocenters. The van der Waals surface area contributed by atoms with E-state index in [1.54, 1.807) is 0 Å². The number of rotatable bonds is 1. The van der Waals surface area contributed by atoms with Gasteiger partial charge in [0.25, 0.3) is 0 Å². The number of benzene rings is 1. The average molecular weight is 324 g/mol. The van der Waals surface area contributed by atoms with Crippen molar-refractivity contribution in [1.29, 1.82) is 0 Å². The Bertz CT molecular complexity index is 349. The van der Waals surface area contributed by atoms with Gasteiger partial charge in [0.2, 0.25) is 0 Å². The monoisotopic (exact) mass is 324 g/mol. The molecule has 0 saturated heterocycles. The summed E-state index contributed by atoms with van der Waals surface area (Å²) in [5.74, 6) is -3.33. The number of halogens is 6. The van der Waals surface area contributed by atoms with Gasteiger partial charge in [0.15, 0.2) is 11.6 Å². The molecule has 78 valence electrons. The second-order valence-electron chi connectivity index (χ2n) is 2.22. The number of alkyl halides is 3. The average Bonchev–Trinajstić information content (AvgIpc) is 2.04. The van der Waals surface area contributed by atoms with Gasteiger partial charge in [-0.2, -0.15) is 0 Å². The van der Waals surface area contributed by atoms with Gasteiger partial charge < -0.3 is 4.74 Å². The maximum Gasteiger partial charge on any atom is 0.573 e. The van der Waals surface area contributed by atoms with Crippen LogP contribution >= 0.6 is 22.6 Å². The van der Waals surface area contributed by atoms with E-state index in [0.717, 1.165) is 0 Å². The first-order chi connectivity index (χ1) is 6.31. The summed E-state index contributed by atoms with van der Waals surface area (Å²) in [6, 6.07) is 1.28. The summed E-state index contributed by atoms with van der Waals surface area (Å²) in [7, 11) is 0. The molecule has 0 aliphatic heterocycles. The van der Waals surface area contributed by atoms with E-state index >= 15 is 0 Å². The number of hydrogen-bond acceptors (Lipinski definition) is 1. The molecule has 1 aromatic rings. The Morgan fingerprint density at radius 3 is 2.21 bits per heavy atom. The summed E-state index contributed by atoms with van der Waals surface area (Å²) in [6.45, 7) is 0. The third-order valence-corrected chi connectivity index (χ3v) is 2.23. The molecule has 0 heterocycles. The normalized spacial score (nSPS) is 11.6. The summed E-state index contributed by atoms with van der Waals surface area (Å²) in [5, 5.41) is 0. The molecule has 0 fully saturated rings. The molecule has 0 amide bonds. The number of hydrogen-bond donors (Lipinski definition) is 0. The van der Waals surface area contributed by atoms with E-state index in [0.29, 0.717) is 12.1 Å². The lowest BCUT2D eigenvalue weighted by Crippen LogP contribution is -2.18. The van der Waals surface area contributed by atoms with E-state index < -0.39 is 27.3 Å². The standard InChI is InChI=1S/C7H2F5IO/c8-3-1-2-4(6(13)5(3)9)14-7(10,11)12/h1-2H. The summed E-state index contributed by atoms with van der Waals surface area (Å²) in [5.41, 5.74) is 0. The minimum absolute atomic E-state index is 0.542. The lowest BCUT2D eigenvalue weighted by Gasteiger charge is -2.10. The highest BCUT2D eigenvalue weighted by molar-refractivity contribution is 14.1. The summed E-state index contributed by atoms with van der Waals surface area (Å²) < 4.78 is 63.3. The Morgan fingerprint density at radius 1 is 1.14 bits per heavy atom. The summed E-state index contributed by atoms with van der Waals surface area (Å²) in [6.07, 6.45) is -4.91. The van der Waals surface area contributed by atoms with Crippen molar-refractivity contribution in [2.24, 2.45) is 0 Å². The molecule has 0 N–H and O–H groups in total. The zero-order valence-electron chi connectivity index (χ0n) is 6.33. The molecule has 0 aromatic heterocycles. The van der Waals surface area contributed by atoms with Crippen molar-refractivity contribution in [3.05, 3.63) is 27.3 Å². The van der Waals surface area contributed by atoms with Gasteiger partial charge in [-0.15, -0.1) is 13.2 Å². The Kier molecular flexibility index (Phi) is 3.17. The fourth-order valence-corrected chi connectivity index (χ4v) is 1.26. The van der Waals surface area contributed by atoms with Gasteiger partial charge in [-0.05, 0) is 34.7 Å². The first kappa shape index (κ1) is 11.5. The van der Waals surface area contributed by atoms with Gasteiger partial charge in [-0.1, -0.05) is 0 Å². The van der Waals surface area contributed by atoms with Gasteiger partial charge in [0.1, 0.15) is 5.75 Å². The SMILES string of the molecule is Fc1ccc(OC(F)(F)F)c(I)c1F. The van der Waals surface area contributed by atoms with E-state index in [9.17, 15) is 22.0 Å². The quantitative estimate of drug-likeness (QED) is 0.437. The Morgan fingerprint density at radius 2 is 1.71 bits per heavy atom. The van der Waals surface area contributed by atoms with Crippen LogP contribution < -0.4 is 4.74 Å². The molecule has 14 heavy (non-hydrogen) atoms. The highest BCUT2D eigenvalue weighted by Crippen LogP contribution is 2.30. The van der Waals surface area contributed by atoms with E-state index in [2.05, 4.69) is 4.74 Å². The van der Waals surface area contributed by atoms with Crippen molar-refractivity contribution in [2.75, 3.05) is 0 Å². The molecule has 0 aliphatic rings. The molecule has 0 bridgehead atoms. The molecule has 0 aliphatic carbocycles. The topological polar surface area (TPSA) is 9.23 Å². The Hall–Kier alpha value is -0.600. The molecule has 0 spiro atoms. The van der Waals surface area contributed by atoms with E-state index in [1.807, 2.05) is 0 Å². The van der Waals surface area contributed by atoms with E-state index in [4.69, 9.17) is 0 Å².